The van der Waals surface area contributed by atoms with Crippen molar-refractivity contribution in [2.45, 2.75) is 38.1 Å². The Balaban J connectivity index is 1.41. The Morgan fingerprint density at radius 3 is 2.56 bits per heavy atom. The zero-order valence-electron chi connectivity index (χ0n) is 22.1. The van der Waals surface area contributed by atoms with Crippen molar-refractivity contribution in [3.8, 4) is 0 Å². The molecule has 1 unspecified atom stereocenters. The van der Waals surface area contributed by atoms with E-state index in [1.54, 1.807) is 24.3 Å². The van der Waals surface area contributed by atoms with Gasteiger partial charge in [0, 0.05) is 48.0 Å². The summed E-state index contributed by atoms with van der Waals surface area (Å²) in [4.78, 5) is 15.4. The van der Waals surface area contributed by atoms with E-state index in [9.17, 15) is 10.1 Å². The Bertz CT molecular complexity index is 1470. The quantitative estimate of drug-likeness (QED) is 0.103. The molecule has 2 bridgehead atoms. The van der Waals surface area contributed by atoms with E-state index in [0.717, 1.165) is 47.0 Å². The second-order valence-corrected chi connectivity index (χ2v) is 11.1. The van der Waals surface area contributed by atoms with Gasteiger partial charge >= 0.3 is 0 Å². The number of nitrogens with zero attached hydrogens (tertiary/aromatic N) is 3. The van der Waals surface area contributed by atoms with Crippen LogP contribution in [0.5, 0.6) is 0 Å². The zero-order chi connectivity index (χ0) is 26.8. The largest absolute Gasteiger partial charge is 0.363 e. The van der Waals surface area contributed by atoms with Crippen LogP contribution in [-0.2, 0) is 17.9 Å². The molecule has 4 aromatic rings. The van der Waals surface area contributed by atoms with Crippen molar-refractivity contribution in [2.75, 3.05) is 13.1 Å². The third kappa shape index (κ3) is 4.98. The van der Waals surface area contributed by atoms with Crippen LogP contribution in [0.4, 0.5) is 5.69 Å². The summed E-state index contributed by atoms with van der Waals surface area (Å²) in [5, 5.41) is 12.3. The number of quaternary nitrogens is 1. The Kier molecular flexibility index (Phi) is 6.98. The number of hydrogen-bond acceptors (Lipinski definition) is 4. The van der Waals surface area contributed by atoms with E-state index in [1.165, 1.54) is 17.5 Å². The van der Waals surface area contributed by atoms with E-state index in [1.807, 2.05) is 12.3 Å². The second kappa shape index (κ2) is 10.7. The smallest absolute Gasteiger partial charge is 0.269 e. The van der Waals surface area contributed by atoms with Crippen LogP contribution in [0.2, 0.25) is 0 Å². The maximum absolute atomic E-state index is 11.2. The van der Waals surface area contributed by atoms with Crippen molar-refractivity contribution in [2.24, 2.45) is 11.8 Å². The lowest BCUT2D eigenvalue weighted by molar-refractivity contribution is -0.985. The van der Waals surface area contributed by atoms with Crippen LogP contribution in [0, 0.1) is 22.0 Å². The van der Waals surface area contributed by atoms with Gasteiger partial charge in [-0.3, -0.25) is 15.1 Å². The first-order valence-corrected chi connectivity index (χ1v) is 13.8. The Morgan fingerprint density at radius 1 is 1.03 bits per heavy atom. The SMILES string of the molecule is C=C[C@H]1C[N+]2(Cc3ccccc3)CC[C@H]1C[C@@H]2[C@@H](OCc1ccc([N+](=O)[O-])cc1)c1ccnc2ccccc12. The number of fused-ring (bicyclic) bond motifs is 4. The lowest BCUT2D eigenvalue weighted by atomic mass is 9.71. The van der Waals surface area contributed by atoms with Gasteiger partial charge in [-0.1, -0.05) is 54.6 Å². The number of hydrogen-bond donors (Lipinski definition) is 0. The van der Waals surface area contributed by atoms with Crippen LogP contribution in [0.3, 0.4) is 0 Å². The molecule has 0 spiro atoms. The lowest BCUT2D eigenvalue weighted by Gasteiger charge is -2.58. The number of nitro groups is 1. The maximum atomic E-state index is 11.2. The van der Waals surface area contributed by atoms with Gasteiger partial charge in [-0.05, 0) is 41.3 Å². The minimum atomic E-state index is -0.365. The van der Waals surface area contributed by atoms with Crippen LogP contribution in [-0.4, -0.2) is 33.5 Å². The predicted octanol–water partition coefficient (Wildman–Crippen LogP) is 7.01. The van der Waals surface area contributed by atoms with Crippen molar-refractivity contribution in [3.05, 3.63) is 131 Å². The molecule has 3 fully saturated rings. The predicted molar refractivity (Wildman–Crippen MR) is 153 cm³/mol. The molecule has 0 radical (unpaired) electrons. The number of non-ortho nitro benzene ring substituents is 1. The van der Waals surface area contributed by atoms with Gasteiger partial charge in [0.1, 0.15) is 18.7 Å². The highest BCUT2D eigenvalue weighted by Gasteiger charge is 2.54. The van der Waals surface area contributed by atoms with E-state index >= 15 is 0 Å². The molecule has 3 aliphatic heterocycles. The van der Waals surface area contributed by atoms with Crippen molar-refractivity contribution >= 4 is 16.6 Å². The van der Waals surface area contributed by atoms with Crippen LogP contribution in [0.1, 0.15) is 35.6 Å². The zero-order valence-corrected chi connectivity index (χ0v) is 22.1. The van der Waals surface area contributed by atoms with Gasteiger partial charge in [-0.2, -0.15) is 0 Å². The van der Waals surface area contributed by atoms with Crippen molar-refractivity contribution in [3.63, 3.8) is 0 Å². The third-order valence-electron chi connectivity index (χ3n) is 8.93. The van der Waals surface area contributed by atoms with Gasteiger partial charge in [0.15, 0.2) is 0 Å². The minimum absolute atomic E-state index is 0.0916. The van der Waals surface area contributed by atoms with Crippen molar-refractivity contribution in [1.29, 1.82) is 0 Å². The van der Waals surface area contributed by atoms with Crippen molar-refractivity contribution in [1.82, 2.24) is 4.98 Å². The number of ether oxygens (including phenoxy) is 1. The van der Waals surface area contributed by atoms with E-state index in [2.05, 4.69) is 72.2 Å². The number of rotatable bonds is 9. The summed E-state index contributed by atoms with van der Waals surface area (Å²) in [5.74, 6) is 1.10. The number of benzene rings is 3. The molecule has 0 amide bonds. The molecule has 1 aromatic heterocycles. The van der Waals surface area contributed by atoms with Gasteiger partial charge in [-0.25, -0.2) is 0 Å². The molecule has 0 saturated carbocycles. The minimum Gasteiger partial charge on any atom is -0.363 e. The molecule has 6 nitrogen and oxygen atoms in total. The number of aromatic nitrogens is 1. The van der Waals surface area contributed by atoms with Crippen LogP contribution in [0.15, 0.2) is 104 Å². The molecule has 0 N–H and O–H groups in total. The molecular weight excluding hydrogens is 486 g/mol. The van der Waals surface area contributed by atoms with Crippen molar-refractivity contribution < 1.29 is 14.1 Å². The maximum Gasteiger partial charge on any atom is 0.269 e. The summed E-state index contributed by atoms with van der Waals surface area (Å²) in [5.41, 5.74) is 4.50. The molecule has 3 aliphatic rings. The average molecular weight is 521 g/mol. The van der Waals surface area contributed by atoms with Gasteiger partial charge in [0.05, 0.1) is 30.1 Å². The Hall–Kier alpha value is -3.87. The normalized spacial score (nSPS) is 24.9. The number of nitro benzene ring substituents is 1. The van der Waals surface area contributed by atoms with E-state index in [-0.39, 0.29) is 22.8 Å². The van der Waals surface area contributed by atoms with E-state index in [4.69, 9.17) is 4.74 Å². The highest BCUT2D eigenvalue weighted by molar-refractivity contribution is 5.82. The van der Waals surface area contributed by atoms with Gasteiger partial charge in [0.25, 0.3) is 5.69 Å². The molecule has 7 rings (SSSR count). The molecule has 0 aliphatic carbocycles. The van der Waals surface area contributed by atoms with Crippen LogP contribution in [0.25, 0.3) is 10.9 Å². The lowest BCUT2D eigenvalue weighted by Crippen LogP contribution is -2.67. The number of pyridine rings is 1. The highest BCUT2D eigenvalue weighted by Crippen LogP contribution is 2.49. The van der Waals surface area contributed by atoms with Crippen LogP contribution < -0.4 is 0 Å². The fraction of sp³-hybridized carbons (Fsp3) is 0.303. The molecule has 3 saturated heterocycles. The van der Waals surface area contributed by atoms with E-state index in [0.29, 0.717) is 18.4 Å². The summed E-state index contributed by atoms with van der Waals surface area (Å²) in [6.45, 7) is 7.74. The molecule has 3 aromatic carbocycles. The second-order valence-electron chi connectivity index (χ2n) is 11.1. The molecule has 5 atom stereocenters. The van der Waals surface area contributed by atoms with Crippen LogP contribution >= 0.6 is 0 Å². The first kappa shape index (κ1) is 25.4. The number of piperidine rings is 3. The fourth-order valence-corrected chi connectivity index (χ4v) is 6.98. The van der Waals surface area contributed by atoms with E-state index < -0.39 is 0 Å². The fourth-order valence-electron chi connectivity index (χ4n) is 6.98. The molecule has 39 heavy (non-hydrogen) atoms. The third-order valence-corrected chi connectivity index (χ3v) is 8.93. The summed E-state index contributed by atoms with van der Waals surface area (Å²) in [6, 6.07) is 28.2. The summed E-state index contributed by atoms with van der Waals surface area (Å²) < 4.78 is 7.88. The standard InChI is InChI=1S/C33H34N3O3/c1-2-26-22-36(21-24-8-4-3-5-9-24)19-17-27(26)20-32(36)33(30-16-18-34-31-11-7-6-10-29(30)31)39-23-25-12-14-28(15-13-25)35(37)38/h2-16,18,26-27,32-33H,1,17,19-23H2/q+1/t26-,27-,32+,33-,36?/m0/s1. The topological polar surface area (TPSA) is 65.3 Å². The Morgan fingerprint density at radius 2 is 1.79 bits per heavy atom. The monoisotopic (exact) mass is 520 g/mol. The first-order chi connectivity index (χ1) is 19.1. The van der Waals surface area contributed by atoms with Gasteiger partial charge in [-0.15, -0.1) is 6.58 Å². The average Bonchev–Trinajstić information content (AvgIpc) is 2.98. The van der Waals surface area contributed by atoms with Gasteiger partial charge in [0.2, 0.25) is 0 Å². The summed E-state index contributed by atoms with van der Waals surface area (Å²) in [7, 11) is 0. The summed E-state index contributed by atoms with van der Waals surface area (Å²) in [6.07, 6.45) is 6.19. The Labute approximate surface area is 229 Å². The molecule has 6 heteroatoms. The molecule has 4 heterocycles. The van der Waals surface area contributed by atoms with Gasteiger partial charge < -0.3 is 9.22 Å². The summed E-state index contributed by atoms with van der Waals surface area (Å²) >= 11 is 0. The number of para-hydroxylation sites is 1. The first-order valence-electron chi connectivity index (χ1n) is 13.8. The molecular formula is C33H34N3O3+. The highest BCUT2D eigenvalue weighted by atomic mass is 16.6. The molecule has 198 valence electrons.